The van der Waals surface area contributed by atoms with Gasteiger partial charge in [0.1, 0.15) is 5.75 Å². The average Bonchev–Trinajstić information content (AvgIpc) is 2.14. The van der Waals surface area contributed by atoms with E-state index in [1.165, 1.54) is 0 Å². The molecule has 0 amide bonds. The summed E-state index contributed by atoms with van der Waals surface area (Å²) in [5, 5.41) is 18.4. The normalized spacial score (nSPS) is 12.9. The number of phenols is 1. The highest BCUT2D eigenvalue weighted by Gasteiger charge is 2.06. The third-order valence-electron chi connectivity index (χ3n) is 2.43. The van der Waals surface area contributed by atoms with Crippen LogP contribution < -0.4 is 5.73 Å². The SMILES string of the molecule is Cc1cc(C[C@H](N)CO)cc(O)c1C. The van der Waals surface area contributed by atoms with Gasteiger partial charge in [-0.2, -0.15) is 0 Å². The minimum atomic E-state index is -0.253. The largest absolute Gasteiger partial charge is 0.508 e. The summed E-state index contributed by atoms with van der Waals surface area (Å²) in [6.07, 6.45) is 0.588. The molecular formula is C11H17NO2. The van der Waals surface area contributed by atoms with Crippen molar-refractivity contribution < 1.29 is 10.2 Å². The van der Waals surface area contributed by atoms with E-state index in [1.54, 1.807) is 6.07 Å². The van der Waals surface area contributed by atoms with E-state index < -0.39 is 0 Å². The molecule has 1 rings (SSSR count). The van der Waals surface area contributed by atoms with Gasteiger partial charge in [-0.05, 0) is 43.0 Å². The van der Waals surface area contributed by atoms with Crippen LogP contribution in [0.4, 0.5) is 0 Å². The molecule has 0 radical (unpaired) electrons. The van der Waals surface area contributed by atoms with Gasteiger partial charge in [-0.15, -0.1) is 0 Å². The summed E-state index contributed by atoms with van der Waals surface area (Å²) in [6.45, 7) is 3.79. The maximum atomic E-state index is 9.56. The first-order valence-electron chi connectivity index (χ1n) is 4.70. The zero-order valence-electron chi connectivity index (χ0n) is 8.62. The van der Waals surface area contributed by atoms with Crippen molar-refractivity contribution in [2.45, 2.75) is 26.3 Å². The Hall–Kier alpha value is -1.06. The van der Waals surface area contributed by atoms with Crippen molar-refractivity contribution in [3.8, 4) is 5.75 Å². The van der Waals surface area contributed by atoms with Gasteiger partial charge in [-0.3, -0.25) is 0 Å². The van der Waals surface area contributed by atoms with Crippen LogP contribution >= 0.6 is 0 Å². The van der Waals surface area contributed by atoms with Gasteiger partial charge in [0.2, 0.25) is 0 Å². The summed E-state index contributed by atoms with van der Waals surface area (Å²) < 4.78 is 0. The Morgan fingerprint density at radius 2 is 2.00 bits per heavy atom. The zero-order valence-corrected chi connectivity index (χ0v) is 8.62. The third-order valence-corrected chi connectivity index (χ3v) is 2.43. The lowest BCUT2D eigenvalue weighted by molar-refractivity contribution is 0.265. The number of nitrogens with two attached hydrogens (primary N) is 1. The van der Waals surface area contributed by atoms with Gasteiger partial charge in [0.05, 0.1) is 6.61 Å². The Morgan fingerprint density at radius 3 is 2.50 bits per heavy atom. The smallest absolute Gasteiger partial charge is 0.119 e. The number of rotatable bonds is 3. The van der Waals surface area contributed by atoms with Crippen LogP contribution in [0.3, 0.4) is 0 Å². The highest BCUT2D eigenvalue weighted by molar-refractivity contribution is 5.41. The Bertz CT molecular complexity index is 300. The summed E-state index contributed by atoms with van der Waals surface area (Å²) in [4.78, 5) is 0. The molecule has 0 aliphatic carbocycles. The Balaban J connectivity index is 2.89. The highest BCUT2D eigenvalue weighted by atomic mass is 16.3. The molecule has 0 aromatic heterocycles. The molecule has 0 fully saturated rings. The van der Waals surface area contributed by atoms with Crippen molar-refractivity contribution in [3.05, 3.63) is 28.8 Å². The number of aromatic hydroxyl groups is 1. The van der Waals surface area contributed by atoms with E-state index in [-0.39, 0.29) is 12.6 Å². The van der Waals surface area contributed by atoms with Crippen molar-refractivity contribution in [1.29, 1.82) is 0 Å². The predicted molar refractivity (Wildman–Crippen MR) is 56.3 cm³/mol. The van der Waals surface area contributed by atoms with Crippen LogP contribution in [0.25, 0.3) is 0 Å². The highest BCUT2D eigenvalue weighted by Crippen LogP contribution is 2.22. The van der Waals surface area contributed by atoms with E-state index in [2.05, 4.69) is 0 Å². The molecule has 0 aliphatic rings. The number of hydrogen-bond acceptors (Lipinski definition) is 3. The van der Waals surface area contributed by atoms with Gasteiger partial charge in [0, 0.05) is 6.04 Å². The summed E-state index contributed by atoms with van der Waals surface area (Å²) in [7, 11) is 0. The lowest BCUT2D eigenvalue weighted by Crippen LogP contribution is -2.26. The second kappa shape index (κ2) is 4.44. The summed E-state index contributed by atoms with van der Waals surface area (Å²) in [5.41, 5.74) is 8.52. The molecule has 0 aliphatic heterocycles. The first kappa shape index (κ1) is 11.0. The van der Waals surface area contributed by atoms with Gasteiger partial charge in [-0.25, -0.2) is 0 Å². The van der Waals surface area contributed by atoms with Gasteiger partial charge >= 0.3 is 0 Å². The van der Waals surface area contributed by atoms with E-state index in [0.717, 1.165) is 16.7 Å². The summed E-state index contributed by atoms with van der Waals surface area (Å²) >= 11 is 0. The monoisotopic (exact) mass is 195 g/mol. The first-order chi connectivity index (χ1) is 6.54. The Kier molecular flexibility index (Phi) is 3.49. The topological polar surface area (TPSA) is 66.5 Å². The number of aliphatic hydroxyl groups excluding tert-OH is 1. The Morgan fingerprint density at radius 1 is 1.36 bits per heavy atom. The van der Waals surface area contributed by atoms with Gasteiger partial charge < -0.3 is 15.9 Å². The molecule has 3 heteroatoms. The average molecular weight is 195 g/mol. The minimum absolute atomic E-state index is 0.0340. The number of benzene rings is 1. The van der Waals surface area contributed by atoms with Crippen molar-refractivity contribution in [2.24, 2.45) is 5.73 Å². The van der Waals surface area contributed by atoms with Crippen molar-refractivity contribution >= 4 is 0 Å². The molecule has 0 spiro atoms. The molecule has 4 N–H and O–H groups in total. The van der Waals surface area contributed by atoms with Crippen molar-refractivity contribution in [1.82, 2.24) is 0 Å². The van der Waals surface area contributed by atoms with Gasteiger partial charge in [-0.1, -0.05) is 6.07 Å². The van der Waals surface area contributed by atoms with E-state index in [9.17, 15) is 5.11 Å². The number of aliphatic hydroxyl groups is 1. The first-order valence-corrected chi connectivity index (χ1v) is 4.70. The molecular weight excluding hydrogens is 178 g/mol. The Labute approximate surface area is 84.2 Å². The molecule has 1 atom stereocenters. The fourth-order valence-electron chi connectivity index (χ4n) is 1.40. The standard InChI is InChI=1S/C11H17NO2/c1-7-3-9(4-10(12)6-13)5-11(14)8(7)2/h3,5,10,13-14H,4,6,12H2,1-2H3/t10-/m0/s1. The van der Waals surface area contributed by atoms with Crippen LogP contribution in [0.15, 0.2) is 12.1 Å². The fourth-order valence-corrected chi connectivity index (χ4v) is 1.40. The van der Waals surface area contributed by atoms with Crippen LogP contribution in [0, 0.1) is 13.8 Å². The summed E-state index contributed by atoms with van der Waals surface area (Å²) in [6, 6.07) is 3.44. The van der Waals surface area contributed by atoms with E-state index in [4.69, 9.17) is 10.8 Å². The zero-order chi connectivity index (χ0) is 10.7. The molecule has 3 nitrogen and oxygen atoms in total. The lowest BCUT2D eigenvalue weighted by Gasteiger charge is -2.11. The number of aryl methyl sites for hydroxylation is 1. The van der Waals surface area contributed by atoms with Crippen LogP contribution in [0.1, 0.15) is 16.7 Å². The maximum Gasteiger partial charge on any atom is 0.119 e. The molecule has 1 aromatic carbocycles. The fraction of sp³-hybridized carbons (Fsp3) is 0.455. The summed E-state index contributed by atoms with van der Waals surface area (Å²) in [5.74, 6) is 0.296. The molecule has 0 bridgehead atoms. The van der Waals surface area contributed by atoms with Crippen LogP contribution in [-0.4, -0.2) is 22.9 Å². The van der Waals surface area contributed by atoms with Crippen LogP contribution in [0.2, 0.25) is 0 Å². The van der Waals surface area contributed by atoms with Crippen molar-refractivity contribution in [2.75, 3.05) is 6.61 Å². The molecule has 14 heavy (non-hydrogen) atoms. The van der Waals surface area contributed by atoms with Gasteiger partial charge in [0.15, 0.2) is 0 Å². The van der Waals surface area contributed by atoms with Crippen molar-refractivity contribution in [3.63, 3.8) is 0 Å². The van der Waals surface area contributed by atoms with E-state index >= 15 is 0 Å². The molecule has 0 unspecified atom stereocenters. The second-order valence-corrected chi connectivity index (χ2v) is 3.70. The second-order valence-electron chi connectivity index (χ2n) is 3.70. The molecule has 0 saturated carbocycles. The lowest BCUT2D eigenvalue weighted by atomic mass is 10.0. The maximum absolute atomic E-state index is 9.56. The predicted octanol–water partition coefficient (Wildman–Crippen LogP) is 0.871. The van der Waals surface area contributed by atoms with Gasteiger partial charge in [0.25, 0.3) is 0 Å². The minimum Gasteiger partial charge on any atom is -0.508 e. The van der Waals surface area contributed by atoms with Crippen LogP contribution in [0.5, 0.6) is 5.75 Å². The molecule has 0 heterocycles. The van der Waals surface area contributed by atoms with E-state index in [0.29, 0.717) is 12.2 Å². The third kappa shape index (κ3) is 2.47. The molecule has 78 valence electrons. The molecule has 0 saturated heterocycles. The number of hydrogen-bond donors (Lipinski definition) is 3. The quantitative estimate of drug-likeness (QED) is 0.670. The van der Waals surface area contributed by atoms with Crippen LogP contribution in [-0.2, 0) is 6.42 Å². The number of phenolic OH excluding ortho intramolecular Hbond substituents is 1. The van der Waals surface area contributed by atoms with E-state index in [1.807, 2.05) is 19.9 Å². The molecule has 1 aromatic rings.